The topological polar surface area (TPSA) is 86.4 Å². The second-order valence-corrected chi connectivity index (χ2v) is 4.35. The van der Waals surface area contributed by atoms with Crippen molar-refractivity contribution in [2.45, 2.75) is 17.9 Å². The van der Waals surface area contributed by atoms with E-state index in [0.717, 1.165) is 0 Å². The molecule has 4 nitrogen and oxygen atoms in total. The zero-order chi connectivity index (χ0) is 12.1. The lowest BCUT2D eigenvalue weighted by molar-refractivity contribution is 0.132. The average molecular weight is 246 g/mol. The Morgan fingerprint density at radius 1 is 1.44 bits per heavy atom. The first-order valence-electron chi connectivity index (χ1n) is 4.69. The van der Waals surface area contributed by atoms with E-state index in [0.29, 0.717) is 11.1 Å². The molecule has 0 fully saturated rings. The average Bonchev–Trinajstić information content (AvgIpc) is 2.27. The fraction of sp³-hybridized carbons (Fsp3) is 0.400. The van der Waals surface area contributed by atoms with Crippen molar-refractivity contribution in [3.05, 3.63) is 35.4 Å². The SMILES string of the molecule is N[C@H](CF)[C@H](O)c1ccc(CS(=O)[O-])cc1. The maximum absolute atomic E-state index is 12.2. The zero-order valence-corrected chi connectivity index (χ0v) is 9.32. The van der Waals surface area contributed by atoms with Gasteiger partial charge in [-0.1, -0.05) is 35.3 Å². The summed E-state index contributed by atoms with van der Waals surface area (Å²) in [6.45, 7) is -0.812. The third-order valence-corrected chi connectivity index (χ3v) is 2.76. The minimum atomic E-state index is -2.14. The number of aliphatic hydroxyl groups is 1. The molecule has 16 heavy (non-hydrogen) atoms. The summed E-state index contributed by atoms with van der Waals surface area (Å²) in [5.74, 6) is -0.0778. The predicted octanol–water partition coefficient (Wildman–Crippen LogP) is 0.396. The molecule has 0 aliphatic carbocycles. The van der Waals surface area contributed by atoms with Crippen molar-refractivity contribution in [3.63, 3.8) is 0 Å². The van der Waals surface area contributed by atoms with Crippen LogP contribution in [0.15, 0.2) is 24.3 Å². The Kier molecular flexibility index (Phi) is 5.01. The van der Waals surface area contributed by atoms with Crippen LogP contribution >= 0.6 is 0 Å². The lowest BCUT2D eigenvalue weighted by atomic mass is 10.0. The van der Waals surface area contributed by atoms with Gasteiger partial charge in [0.15, 0.2) is 0 Å². The van der Waals surface area contributed by atoms with Gasteiger partial charge in [0.05, 0.1) is 12.1 Å². The molecule has 1 aromatic carbocycles. The molecule has 6 heteroatoms. The molecule has 0 aliphatic heterocycles. The van der Waals surface area contributed by atoms with Crippen LogP contribution in [0, 0.1) is 0 Å². The summed E-state index contributed by atoms with van der Waals surface area (Å²) in [4.78, 5) is 0. The van der Waals surface area contributed by atoms with Crippen LogP contribution in [0.4, 0.5) is 4.39 Å². The molecule has 1 unspecified atom stereocenters. The second kappa shape index (κ2) is 6.05. The lowest BCUT2D eigenvalue weighted by Crippen LogP contribution is -2.30. The molecule has 3 atom stereocenters. The number of benzene rings is 1. The Hall–Kier alpha value is -0.820. The largest absolute Gasteiger partial charge is 0.772 e. The standard InChI is InChI=1S/C10H14FNO3S/c11-5-9(12)10(13)8-3-1-7(2-4-8)6-16(14)15/h1-4,9-10,13H,5-6,12H2,(H,14,15)/p-1/t9-,10-/m1/s1. The van der Waals surface area contributed by atoms with E-state index in [1.165, 1.54) is 0 Å². The van der Waals surface area contributed by atoms with Gasteiger partial charge in [-0.3, -0.25) is 4.21 Å². The summed E-state index contributed by atoms with van der Waals surface area (Å²) in [6.07, 6.45) is -1.07. The molecule has 0 aromatic heterocycles. The van der Waals surface area contributed by atoms with Crippen LogP contribution < -0.4 is 5.73 Å². The smallest absolute Gasteiger partial charge is 0.107 e. The van der Waals surface area contributed by atoms with Gasteiger partial charge in [0.25, 0.3) is 0 Å². The van der Waals surface area contributed by atoms with Crippen molar-refractivity contribution in [2.24, 2.45) is 5.73 Å². The van der Waals surface area contributed by atoms with Crippen molar-refractivity contribution in [1.29, 1.82) is 0 Å². The first-order chi connectivity index (χ1) is 7.54. The highest BCUT2D eigenvalue weighted by molar-refractivity contribution is 7.78. The van der Waals surface area contributed by atoms with E-state index in [-0.39, 0.29) is 5.75 Å². The van der Waals surface area contributed by atoms with Crippen LogP contribution in [0.1, 0.15) is 17.2 Å². The number of alkyl halides is 1. The van der Waals surface area contributed by atoms with E-state index >= 15 is 0 Å². The third-order valence-electron chi connectivity index (χ3n) is 2.19. The summed E-state index contributed by atoms with van der Waals surface area (Å²) in [5.41, 5.74) is 6.43. The Morgan fingerprint density at radius 2 is 2.00 bits per heavy atom. The van der Waals surface area contributed by atoms with Crippen LogP contribution in [-0.2, 0) is 16.8 Å². The monoisotopic (exact) mass is 246 g/mol. The third kappa shape index (κ3) is 3.64. The minimum absolute atomic E-state index is 0.0778. The number of hydrogen-bond donors (Lipinski definition) is 2. The Bertz CT molecular complexity index is 358. The van der Waals surface area contributed by atoms with E-state index in [4.69, 9.17) is 5.73 Å². The first-order valence-corrected chi connectivity index (χ1v) is 5.93. The molecular weight excluding hydrogens is 233 g/mol. The normalized spacial score (nSPS) is 16.8. The highest BCUT2D eigenvalue weighted by Gasteiger charge is 2.16. The molecule has 0 radical (unpaired) electrons. The van der Waals surface area contributed by atoms with Gasteiger partial charge in [-0.15, -0.1) is 0 Å². The van der Waals surface area contributed by atoms with Crippen molar-refractivity contribution < 1.29 is 18.3 Å². The van der Waals surface area contributed by atoms with Crippen LogP contribution in [-0.4, -0.2) is 26.6 Å². The lowest BCUT2D eigenvalue weighted by Gasteiger charge is -2.16. The van der Waals surface area contributed by atoms with E-state index in [1.807, 2.05) is 0 Å². The van der Waals surface area contributed by atoms with Gasteiger partial charge in [0.2, 0.25) is 0 Å². The molecule has 0 aliphatic rings. The summed E-state index contributed by atoms with van der Waals surface area (Å²) < 4.78 is 33.1. The number of hydrogen-bond acceptors (Lipinski definition) is 4. The maximum Gasteiger partial charge on any atom is 0.107 e. The van der Waals surface area contributed by atoms with E-state index < -0.39 is 29.9 Å². The van der Waals surface area contributed by atoms with Crippen LogP contribution in [0.5, 0.6) is 0 Å². The molecule has 0 spiro atoms. The van der Waals surface area contributed by atoms with Crippen molar-refractivity contribution in [2.75, 3.05) is 6.67 Å². The second-order valence-electron chi connectivity index (χ2n) is 3.45. The molecule has 0 saturated carbocycles. The summed E-state index contributed by atoms with van der Waals surface area (Å²) in [6, 6.07) is 5.27. The quantitative estimate of drug-likeness (QED) is 0.736. The van der Waals surface area contributed by atoms with Crippen molar-refractivity contribution in [3.8, 4) is 0 Å². The molecule has 0 heterocycles. The Labute approximate surface area is 95.6 Å². The molecule has 0 saturated heterocycles. The summed E-state index contributed by atoms with van der Waals surface area (Å²) >= 11 is -2.14. The number of aliphatic hydroxyl groups excluding tert-OH is 1. The number of nitrogens with two attached hydrogens (primary N) is 1. The van der Waals surface area contributed by atoms with E-state index in [2.05, 4.69) is 0 Å². The highest BCUT2D eigenvalue weighted by atomic mass is 32.2. The minimum Gasteiger partial charge on any atom is -0.772 e. The van der Waals surface area contributed by atoms with Gasteiger partial charge >= 0.3 is 0 Å². The van der Waals surface area contributed by atoms with E-state index in [9.17, 15) is 18.3 Å². The van der Waals surface area contributed by atoms with Crippen molar-refractivity contribution >= 4 is 11.1 Å². The molecule has 3 N–H and O–H groups in total. The van der Waals surface area contributed by atoms with Gasteiger partial charge in [0.1, 0.15) is 6.67 Å². The van der Waals surface area contributed by atoms with Gasteiger partial charge in [-0.2, -0.15) is 0 Å². The van der Waals surface area contributed by atoms with Crippen LogP contribution in [0.2, 0.25) is 0 Å². The van der Waals surface area contributed by atoms with Crippen molar-refractivity contribution in [1.82, 2.24) is 0 Å². The Balaban J connectivity index is 2.74. The number of halogens is 1. The van der Waals surface area contributed by atoms with Gasteiger partial charge < -0.3 is 15.4 Å². The Morgan fingerprint density at radius 3 is 2.44 bits per heavy atom. The molecule has 90 valence electrons. The molecule has 1 aromatic rings. The summed E-state index contributed by atoms with van der Waals surface area (Å²) in [5, 5.41) is 9.58. The summed E-state index contributed by atoms with van der Waals surface area (Å²) in [7, 11) is 0. The first kappa shape index (κ1) is 13.2. The van der Waals surface area contributed by atoms with Gasteiger partial charge in [0, 0.05) is 5.75 Å². The van der Waals surface area contributed by atoms with Gasteiger partial charge in [-0.25, -0.2) is 4.39 Å². The highest BCUT2D eigenvalue weighted by Crippen LogP contribution is 2.17. The molecule has 0 bridgehead atoms. The van der Waals surface area contributed by atoms with E-state index in [1.54, 1.807) is 24.3 Å². The molecule has 0 amide bonds. The van der Waals surface area contributed by atoms with Gasteiger partial charge in [-0.05, 0) is 11.1 Å². The fourth-order valence-corrected chi connectivity index (χ4v) is 1.74. The van der Waals surface area contributed by atoms with Crippen LogP contribution in [0.25, 0.3) is 0 Å². The zero-order valence-electron chi connectivity index (χ0n) is 8.51. The van der Waals surface area contributed by atoms with Crippen LogP contribution in [0.3, 0.4) is 0 Å². The number of rotatable bonds is 5. The predicted molar refractivity (Wildman–Crippen MR) is 58.0 cm³/mol. The fourth-order valence-electron chi connectivity index (χ4n) is 1.28. The maximum atomic E-state index is 12.2. The molecule has 1 rings (SSSR count). The molecular formula is C10H13FNO3S-.